The molecule has 0 atom stereocenters. The lowest BCUT2D eigenvalue weighted by Gasteiger charge is -2.26. The van der Waals surface area contributed by atoms with Crippen molar-refractivity contribution >= 4 is 90.9 Å². The van der Waals surface area contributed by atoms with E-state index in [1.807, 2.05) is 22.7 Å². The zero-order chi connectivity index (χ0) is 32.3. The van der Waals surface area contributed by atoms with E-state index in [4.69, 9.17) is 0 Å². The Kier molecular flexibility index (Phi) is 6.61. The average Bonchev–Trinajstić information content (AvgIpc) is 3.72. The number of benzene rings is 8. The smallest absolute Gasteiger partial charge is 0.0476 e. The van der Waals surface area contributed by atoms with E-state index < -0.39 is 0 Å². The van der Waals surface area contributed by atoms with Gasteiger partial charge in [0, 0.05) is 57.4 Å². The number of hydrogen-bond donors (Lipinski definition) is 0. The first kappa shape index (κ1) is 28.3. The first-order chi connectivity index (χ1) is 24.2. The summed E-state index contributed by atoms with van der Waals surface area (Å²) < 4.78 is 5.29. The third-order valence-electron chi connectivity index (χ3n) is 9.63. The molecule has 0 radical (unpaired) electrons. The highest BCUT2D eigenvalue weighted by Crippen LogP contribution is 2.42. The molecule has 0 aliphatic carbocycles. The zero-order valence-electron chi connectivity index (χ0n) is 26.5. The maximum absolute atomic E-state index is 2.39. The number of nitrogens with zero attached hydrogens (tertiary/aromatic N) is 1. The Morgan fingerprint density at radius 2 is 0.857 bits per heavy atom. The Hall–Kier alpha value is -5.74. The first-order valence-corrected chi connectivity index (χ1v) is 18.2. The summed E-state index contributed by atoms with van der Waals surface area (Å²) in [6, 6.07) is 64.5. The van der Waals surface area contributed by atoms with Crippen molar-refractivity contribution < 1.29 is 0 Å². The molecule has 10 rings (SSSR count). The van der Waals surface area contributed by atoms with E-state index in [1.54, 1.807) is 0 Å². The minimum absolute atomic E-state index is 1.13. The number of anilines is 3. The van der Waals surface area contributed by atoms with E-state index in [9.17, 15) is 0 Å². The fourth-order valence-corrected chi connectivity index (χ4v) is 9.48. The van der Waals surface area contributed by atoms with Crippen LogP contribution in [0.5, 0.6) is 0 Å². The van der Waals surface area contributed by atoms with Gasteiger partial charge in [0.05, 0.1) is 0 Å². The van der Waals surface area contributed by atoms with Gasteiger partial charge < -0.3 is 4.90 Å². The topological polar surface area (TPSA) is 3.24 Å². The van der Waals surface area contributed by atoms with Gasteiger partial charge in [0.15, 0.2) is 0 Å². The standard InChI is InChI=1S/C46H29NS2/c1-2-9-30(10-3-1)32-11-8-12-37(26-32)47(38-23-24-41-39-13-4-6-15-43(39)49-46(41)29-38)36-21-19-31(20-22-36)33-17-18-34-27-42-40-14-5-7-16-44(40)48-45(42)28-35(34)25-33/h1-29H. The molecule has 0 aliphatic rings. The molecule has 49 heavy (non-hydrogen) atoms. The Morgan fingerprint density at radius 3 is 1.65 bits per heavy atom. The van der Waals surface area contributed by atoms with E-state index in [0.717, 1.165) is 17.1 Å². The maximum atomic E-state index is 2.39. The molecule has 0 saturated heterocycles. The molecule has 8 aromatic carbocycles. The predicted octanol–water partition coefficient (Wildman–Crippen LogP) is 14.4. The van der Waals surface area contributed by atoms with Crippen LogP contribution in [-0.4, -0.2) is 0 Å². The van der Waals surface area contributed by atoms with Crippen LogP contribution in [0, 0.1) is 0 Å². The second-order valence-corrected chi connectivity index (χ2v) is 14.8. The maximum Gasteiger partial charge on any atom is 0.0476 e. The summed E-state index contributed by atoms with van der Waals surface area (Å²) in [5.41, 5.74) is 8.25. The summed E-state index contributed by atoms with van der Waals surface area (Å²) in [4.78, 5) is 2.39. The lowest BCUT2D eigenvalue weighted by molar-refractivity contribution is 1.29. The van der Waals surface area contributed by atoms with Crippen LogP contribution in [0.4, 0.5) is 17.1 Å². The summed E-state index contributed by atoms with van der Waals surface area (Å²) in [6.45, 7) is 0. The van der Waals surface area contributed by atoms with E-state index in [-0.39, 0.29) is 0 Å². The van der Waals surface area contributed by atoms with Gasteiger partial charge in [0.1, 0.15) is 0 Å². The lowest BCUT2D eigenvalue weighted by atomic mass is 9.99. The molecule has 2 aromatic heterocycles. The fourth-order valence-electron chi connectivity index (χ4n) is 7.21. The van der Waals surface area contributed by atoms with Crippen molar-refractivity contribution in [2.24, 2.45) is 0 Å². The normalized spacial score (nSPS) is 11.7. The van der Waals surface area contributed by atoms with Gasteiger partial charge in [-0.05, 0) is 99.8 Å². The van der Waals surface area contributed by atoms with Gasteiger partial charge in [-0.15, -0.1) is 22.7 Å². The van der Waals surface area contributed by atoms with Crippen LogP contribution in [0.3, 0.4) is 0 Å². The van der Waals surface area contributed by atoms with E-state index in [1.165, 1.54) is 73.4 Å². The molecule has 10 aromatic rings. The van der Waals surface area contributed by atoms with Crippen LogP contribution in [0.2, 0.25) is 0 Å². The Labute approximate surface area is 292 Å². The molecule has 0 fully saturated rings. The first-order valence-electron chi connectivity index (χ1n) is 16.6. The largest absolute Gasteiger partial charge is 0.310 e. The highest BCUT2D eigenvalue weighted by atomic mass is 32.1. The molecule has 1 nitrogen and oxygen atoms in total. The highest BCUT2D eigenvalue weighted by molar-refractivity contribution is 7.26. The molecule has 0 spiro atoms. The highest BCUT2D eigenvalue weighted by Gasteiger charge is 2.16. The van der Waals surface area contributed by atoms with Crippen molar-refractivity contribution in [3.05, 3.63) is 176 Å². The van der Waals surface area contributed by atoms with E-state index in [0.29, 0.717) is 0 Å². The number of thiophene rings is 2. The third-order valence-corrected chi connectivity index (χ3v) is 11.9. The third kappa shape index (κ3) is 4.90. The van der Waals surface area contributed by atoms with Gasteiger partial charge in [-0.3, -0.25) is 0 Å². The fraction of sp³-hybridized carbons (Fsp3) is 0. The van der Waals surface area contributed by atoms with Crippen LogP contribution in [0.15, 0.2) is 176 Å². The number of rotatable bonds is 5. The van der Waals surface area contributed by atoms with Crippen LogP contribution in [0.1, 0.15) is 0 Å². The molecule has 230 valence electrons. The molecule has 0 aliphatic heterocycles. The average molecular weight is 660 g/mol. The molecule has 2 heterocycles. The molecule has 0 saturated carbocycles. The molecular formula is C46H29NS2. The molecule has 0 amide bonds. The van der Waals surface area contributed by atoms with Gasteiger partial charge in [-0.25, -0.2) is 0 Å². The summed E-state index contributed by atoms with van der Waals surface area (Å²) >= 11 is 3.74. The van der Waals surface area contributed by atoms with Gasteiger partial charge in [-0.1, -0.05) is 109 Å². The van der Waals surface area contributed by atoms with Crippen molar-refractivity contribution in [3.63, 3.8) is 0 Å². The van der Waals surface area contributed by atoms with Crippen molar-refractivity contribution in [2.75, 3.05) is 4.90 Å². The number of hydrogen-bond acceptors (Lipinski definition) is 3. The van der Waals surface area contributed by atoms with E-state index >= 15 is 0 Å². The quantitative estimate of drug-likeness (QED) is 0.178. The van der Waals surface area contributed by atoms with Crippen molar-refractivity contribution in [1.82, 2.24) is 0 Å². The van der Waals surface area contributed by atoms with Crippen molar-refractivity contribution in [2.45, 2.75) is 0 Å². The minimum atomic E-state index is 1.13. The molecular weight excluding hydrogens is 631 g/mol. The van der Waals surface area contributed by atoms with Gasteiger partial charge in [0.2, 0.25) is 0 Å². The van der Waals surface area contributed by atoms with Gasteiger partial charge in [-0.2, -0.15) is 0 Å². The molecule has 0 N–H and O–H groups in total. The molecule has 0 bridgehead atoms. The summed E-state index contributed by atoms with van der Waals surface area (Å²) in [5, 5.41) is 7.86. The van der Waals surface area contributed by atoms with Crippen LogP contribution in [0.25, 0.3) is 73.4 Å². The Morgan fingerprint density at radius 1 is 0.286 bits per heavy atom. The SMILES string of the molecule is c1ccc(-c2cccc(N(c3ccc(-c4ccc5cc6c(cc5c4)sc4ccccc46)cc3)c3ccc4c(c3)sc3ccccc34)c2)cc1. The summed E-state index contributed by atoms with van der Waals surface area (Å²) in [5.74, 6) is 0. The Bertz CT molecular complexity index is 2830. The molecule has 3 heteroatoms. The van der Waals surface area contributed by atoms with Gasteiger partial charge >= 0.3 is 0 Å². The Balaban J connectivity index is 1.07. The molecule has 0 unspecified atom stereocenters. The predicted molar refractivity (Wildman–Crippen MR) is 215 cm³/mol. The van der Waals surface area contributed by atoms with Gasteiger partial charge in [0.25, 0.3) is 0 Å². The second-order valence-electron chi connectivity index (χ2n) is 12.6. The number of fused-ring (bicyclic) bond motifs is 7. The monoisotopic (exact) mass is 659 g/mol. The van der Waals surface area contributed by atoms with Crippen LogP contribution < -0.4 is 4.90 Å². The second kappa shape index (κ2) is 11.5. The van der Waals surface area contributed by atoms with Crippen LogP contribution >= 0.6 is 22.7 Å². The van der Waals surface area contributed by atoms with Crippen molar-refractivity contribution in [3.8, 4) is 22.3 Å². The zero-order valence-corrected chi connectivity index (χ0v) is 28.1. The lowest BCUT2D eigenvalue weighted by Crippen LogP contribution is -2.09. The van der Waals surface area contributed by atoms with Crippen molar-refractivity contribution in [1.29, 1.82) is 0 Å². The van der Waals surface area contributed by atoms with Crippen LogP contribution in [-0.2, 0) is 0 Å². The van der Waals surface area contributed by atoms with E-state index in [2.05, 4.69) is 181 Å². The summed E-state index contributed by atoms with van der Waals surface area (Å²) in [6.07, 6.45) is 0. The summed E-state index contributed by atoms with van der Waals surface area (Å²) in [7, 11) is 0. The minimum Gasteiger partial charge on any atom is -0.310 e.